The second-order valence-corrected chi connectivity index (χ2v) is 3.61. The number of nitrogens with one attached hydrogen (secondary N) is 2. The van der Waals surface area contributed by atoms with Crippen molar-refractivity contribution < 1.29 is 9.53 Å². The number of carbonyl (C=O) groups is 1. The molecule has 0 radical (unpaired) electrons. The number of benzene rings is 1. The lowest BCUT2D eigenvalue weighted by atomic mass is 10.3. The van der Waals surface area contributed by atoms with Crippen molar-refractivity contribution in [3.8, 4) is 5.75 Å². The van der Waals surface area contributed by atoms with E-state index in [4.69, 9.17) is 33.1 Å². The number of amides is 1. The molecule has 20 heavy (non-hydrogen) atoms. The Kier molecular flexibility index (Phi) is 4.97. The molecule has 0 heterocycles. The third-order valence-corrected chi connectivity index (χ3v) is 1.92. The number of ether oxygens (including phenoxy) is 1. The Morgan fingerprint density at radius 3 is 2.40 bits per heavy atom. The van der Waals surface area contributed by atoms with Gasteiger partial charge in [-0.3, -0.25) is 10.2 Å². The third kappa shape index (κ3) is 5.00. The first-order valence-corrected chi connectivity index (χ1v) is 5.40. The van der Waals surface area contributed by atoms with E-state index in [0.29, 0.717) is 16.6 Å². The fourth-order valence-corrected chi connectivity index (χ4v) is 1.12. The van der Waals surface area contributed by atoms with E-state index < -0.39 is 11.9 Å². The maximum atomic E-state index is 11.6. The van der Waals surface area contributed by atoms with Gasteiger partial charge in [0.1, 0.15) is 5.75 Å². The van der Waals surface area contributed by atoms with Crippen LogP contribution in [0, 0.1) is 5.41 Å². The molecule has 0 unspecified atom stereocenters. The van der Waals surface area contributed by atoms with Crippen molar-refractivity contribution in [3.63, 3.8) is 0 Å². The van der Waals surface area contributed by atoms with E-state index in [1.54, 1.807) is 24.3 Å². The number of hydrogen-bond acceptors (Lipinski definition) is 5. The minimum atomic E-state index is -0.595. The molecule has 0 fully saturated rings. The topological polar surface area (TPSA) is 182 Å². The normalized spacial score (nSPS) is 9.40. The van der Waals surface area contributed by atoms with Crippen molar-refractivity contribution in [2.24, 2.45) is 22.3 Å². The first-order valence-electron chi connectivity index (χ1n) is 5.40. The van der Waals surface area contributed by atoms with Crippen LogP contribution in [0.2, 0.25) is 0 Å². The number of rotatable bonds is 4. The number of carbonyl (C=O) groups excluding carboxylic acids is 1. The maximum absolute atomic E-state index is 11.6. The second kappa shape index (κ2) is 6.68. The summed E-state index contributed by atoms with van der Waals surface area (Å²) in [4.78, 5) is 11.6. The summed E-state index contributed by atoms with van der Waals surface area (Å²) >= 11 is 0. The van der Waals surface area contributed by atoms with Crippen LogP contribution in [0.15, 0.2) is 29.4 Å². The molecule has 0 saturated heterocycles. The zero-order chi connectivity index (χ0) is 15.1. The zero-order valence-corrected chi connectivity index (χ0v) is 10.5. The van der Waals surface area contributed by atoms with Gasteiger partial charge in [-0.05, 0) is 24.3 Å². The van der Waals surface area contributed by atoms with Gasteiger partial charge in [-0.2, -0.15) is 0 Å². The molecule has 0 bridgehead atoms. The highest BCUT2D eigenvalue weighted by atomic mass is 16.5. The van der Waals surface area contributed by atoms with E-state index in [0.717, 1.165) is 0 Å². The molecule has 0 atom stereocenters. The first kappa shape index (κ1) is 14.9. The summed E-state index contributed by atoms with van der Waals surface area (Å²) in [7, 11) is 0. The molecule has 108 valence electrons. The number of hydrogen-bond donors (Lipinski definition) is 6. The molecule has 0 aliphatic heterocycles. The molecule has 1 aromatic rings. The fourth-order valence-electron chi connectivity index (χ4n) is 1.12. The summed E-state index contributed by atoms with van der Waals surface area (Å²) in [5, 5.41) is 11.2. The van der Waals surface area contributed by atoms with Crippen molar-refractivity contribution in [1.82, 2.24) is 10.5 Å². The standard InChI is InChI=1S/C10H16N8O2/c11-6-1-3-7(4-2-6)20-5-8(19)16-18(10(14)15)17-9(12)13/h1-4H,5,11H2,(H3,14,15)(H,16,19)(H4,12,13,17). The van der Waals surface area contributed by atoms with E-state index in [1.165, 1.54) is 0 Å². The molecule has 0 aliphatic rings. The summed E-state index contributed by atoms with van der Waals surface area (Å²) in [6.07, 6.45) is 0. The van der Waals surface area contributed by atoms with Crippen molar-refractivity contribution in [2.75, 3.05) is 12.3 Å². The summed E-state index contributed by atoms with van der Waals surface area (Å²) in [6.45, 7) is -0.312. The number of hydrazone groups is 1. The number of nitrogens with zero attached hydrogens (tertiary/aromatic N) is 2. The van der Waals surface area contributed by atoms with Crippen molar-refractivity contribution in [3.05, 3.63) is 24.3 Å². The molecule has 0 saturated carbocycles. The van der Waals surface area contributed by atoms with Gasteiger partial charge >= 0.3 is 0 Å². The SMILES string of the molecule is N=C(N)N(N=C(N)N)NC(=O)COc1ccc(N)cc1. The summed E-state index contributed by atoms with van der Waals surface area (Å²) in [6, 6.07) is 6.49. The largest absolute Gasteiger partial charge is 0.484 e. The molecule has 1 aromatic carbocycles. The van der Waals surface area contributed by atoms with Gasteiger partial charge in [0, 0.05) is 5.69 Å². The lowest BCUT2D eigenvalue weighted by Gasteiger charge is -2.17. The molecule has 0 aromatic heterocycles. The van der Waals surface area contributed by atoms with Crippen LogP contribution in [0.25, 0.3) is 0 Å². The average molecular weight is 280 g/mol. The fraction of sp³-hybridized carbons (Fsp3) is 0.100. The van der Waals surface area contributed by atoms with Crippen LogP contribution >= 0.6 is 0 Å². The Balaban J connectivity index is 2.52. The summed E-state index contributed by atoms with van der Waals surface area (Å²) in [5.74, 6) is -1.05. The summed E-state index contributed by atoms with van der Waals surface area (Å²) in [5.41, 5.74) is 23.7. The number of nitrogen functional groups attached to an aromatic ring is 1. The molecule has 10 N–H and O–H groups in total. The van der Waals surface area contributed by atoms with Crippen LogP contribution in [0.4, 0.5) is 5.69 Å². The number of nitrogens with two attached hydrogens (primary N) is 4. The average Bonchev–Trinajstić information content (AvgIpc) is 2.36. The van der Waals surface area contributed by atoms with Gasteiger partial charge in [0.2, 0.25) is 11.9 Å². The Labute approximate surface area is 114 Å². The van der Waals surface area contributed by atoms with Gasteiger partial charge < -0.3 is 27.7 Å². The second-order valence-electron chi connectivity index (χ2n) is 3.61. The van der Waals surface area contributed by atoms with E-state index >= 15 is 0 Å². The molecule has 0 aliphatic carbocycles. The van der Waals surface area contributed by atoms with Gasteiger partial charge in [-0.25, -0.2) is 5.43 Å². The molecule has 1 rings (SSSR count). The van der Waals surface area contributed by atoms with Crippen molar-refractivity contribution >= 4 is 23.5 Å². The van der Waals surface area contributed by atoms with Crippen LogP contribution in [0.5, 0.6) is 5.75 Å². The Morgan fingerprint density at radius 2 is 1.90 bits per heavy atom. The van der Waals surface area contributed by atoms with Gasteiger partial charge in [0.15, 0.2) is 6.61 Å². The van der Waals surface area contributed by atoms with Gasteiger partial charge in [0.25, 0.3) is 5.91 Å². The van der Waals surface area contributed by atoms with Gasteiger partial charge in [-0.15, -0.1) is 10.2 Å². The number of anilines is 1. The molecule has 0 spiro atoms. The van der Waals surface area contributed by atoms with E-state index in [9.17, 15) is 4.79 Å². The number of hydrazine groups is 1. The van der Waals surface area contributed by atoms with Gasteiger partial charge in [-0.1, -0.05) is 0 Å². The minimum Gasteiger partial charge on any atom is -0.484 e. The third-order valence-electron chi connectivity index (χ3n) is 1.92. The van der Waals surface area contributed by atoms with E-state index in [-0.39, 0.29) is 12.6 Å². The highest BCUT2D eigenvalue weighted by molar-refractivity contribution is 5.84. The molecule has 10 nitrogen and oxygen atoms in total. The molecular formula is C10H16N8O2. The zero-order valence-electron chi connectivity index (χ0n) is 10.5. The smallest absolute Gasteiger partial charge is 0.278 e. The first-order chi connectivity index (χ1) is 9.38. The lowest BCUT2D eigenvalue weighted by Crippen LogP contribution is -2.49. The predicted molar refractivity (Wildman–Crippen MR) is 74.1 cm³/mol. The van der Waals surface area contributed by atoms with Crippen molar-refractivity contribution in [1.29, 1.82) is 5.41 Å². The van der Waals surface area contributed by atoms with Crippen molar-refractivity contribution in [2.45, 2.75) is 0 Å². The van der Waals surface area contributed by atoms with Crippen LogP contribution in [0.1, 0.15) is 0 Å². The van der Waals surface area contributed by atoms with Crippen LogP contribution in [0.3, 0.4) is 0 Å². The van der Waals surface area contributed by atoms with E-state index in [1.807, 2.05) is 0 Å². The lowest BCUT2D eigenvalue weighted by molar-refractivity contribution is -0.126. The Hall–Kier alpha value is -3.17. The van der Waals surface area contributed by atoms with Gasteiger partial charge in [0.05, 0.1) is 0 Å². The van der Waals surface area contributed by atoms with Crippen LogP contribution < -0.4 is 33.1 Å². The quantitative estimate of drug-likeness (QED) is 0.160. The predicted octanol–water partition coefficient (Wildman–Crippen LogP) is -1.94. The summed E-state index contributed by atoms with van der Waals surface area (Å²) < 4.78 is 5.19. The molecule has 10 heteroatoms. The maximum Gasteiger partial charge on any atom is 0.278 e. The number of guanidine groups is 2. The van der Waals surface area contributed by atoms with Crippen LogP contribution in [-0.2, 0) is 4.79 Å². The Morgan fingerprint density at radius 1 is 1.30 bits per heavy atom. The highest BCUT2D eigenvalue weighted by Gasteiger charge is 2.10. The van der Waals surface area contributed by atoms with Crippen LogP contribution in [-0.4, -0.2) is 29.6 Å². The molecule has 1 amide bonds. The molecular weight excluding hydrogens is 264 g/mol. The minimum absolute atomic E-state index is 0.312. The highest BCUT2D eigenvalue weighted by Crippen LogP contribution is 2.12. The Bertz CT molecular complexity index is 508. The van der Waals surface area contributed by atoms with E-state index in [2.05, 4.69) is 10.5 Å². The monoisotopic (exact) mass is 280 g/mol.